The third-order valence-corrected chi connectivity index (χ3v) is 0. The summed E-state index contributed by atoms with van der Waals surface area (Å²) in [4.78, 5) is 0. The molecule has 0 aromatic heterocycles. The topological polar surface area (TPSA) is 54.4 Å². The summed E-state index contributed by atoms with van der Waals surface area (Å²) in [6, 6.07) is 0. The highest BCUT2D eigenvalue weighted by Crippen LogP contribution is 1.83. The third kappa shape index (κ3) is 2730. The van der Waals surface area contributed by atoms with E-state index in [9.17, 15) is 8.42 Å². The molecule has 0 saturated carbocycles. The van der Waals surface area contributed by atoms with E-state index in [0.717, 1.165) is 13.4 Å². The minimum Gasteiger partial charge on any atom is -0.400 e. The van der Waals surface area contributed by atoms with Crippen LogP contribution in [-0.2, 0) is 9.05 Å². The maximum Gasteiger partial charge on any atom is 0.229 e. The fraction of sp³-hybridized carbons (Fsp3) is 1.00. The van der Waals surface area contributed by atoms with Gasteiger partial charge in [0, 0.05) is 17.8 Å². The van der Waals surface area contributed by atoms with Crippen LogP contribution in [0.1, 0.15) is 0 Å². The molecule has 0 spiro atoms. The number of aliphatic hydroxyl groups excluding tert-OH is 1. The number of rotatable bonds is 0. The summed E-state index contributed by atoms with van der Waals surface area (Å²) >= 11 is 0. The van der Waals surface area contributed by atoms with Crippen molar-refractivity contribution in [3.8, 4) is 0 Å². The monoisotopic (exact) mass is 146 g/mol. The molecule has 0 aliphatic rings. The molecule has 0 radical (unpaired) electrons. The van der Waals surface area contributed by atoms with E-state index in [-0.39, 0.29) is 0 Å². The van der Waals surface area contributed by atoms with E-state index in [1.165, 1.54) is 0 Å². The lowest BCUT2D eigenvalue weighted by Gasteiger charge is -1.65. The zero-order valence-electron chi connectivity index (χ0n) is 4.05. The Balaban J connectivity index is 0. The molecule has 0 aromatic carbocycles. The molecular weight excluding hydrogens is 140 g/mol. The van der Waals surface area contributed by atoms with Gasteiger partial charge in [0.05, 0.1) is 6.26 Å². The second-order valence-corrected chi connectivity index (χ2v) is 3.73. The van der Waals surface area contributed by atoms with Crippen molar-refractivity contribution in [3.63, 3.8) is 0 Å². The van der Waals surface area contributed by atoms with E-state index in [2.05, 4.69) is 10.7 Å². The Morgan fingerprint density at radius 1 is 1.43 bits per heavy atom. The minimum absolute atomic E-state index is 0.925. The fourth-order valence-electron chi connectivity index (χ4n) is 0. The normalized spacial score (nSPS) is 9.14. The van der Waals surface area contributed by atoms with Crippen molar-refractivity contribution in [2.24, 2.45) is 0 Å². The molecule has 5 heteroatoms. The number of aliphatic hydroxyl groups is 1. The predicted molar refractivity (Wildman–Crippen MR) is 28.8 cm³/mol. The second kappa shape index (κ2) is 4.36. The van der Waals surface area contributed by atoms with Crippen molar-refractivity contribution in [2.75, 3.05) is 13.4 Å². The first kappa shape index (κ1) is 10.2. The fourth-order valence-corrected chi connectivity index (χ4v) is 0. The highest BCUT2D eigenvalue weighted by Gasteiger charge is 1.83. The third-order valence-electron chi connectivity index (χ3n) is 0. The van der Waals surface area contributed by atoms with Crippen LogP contribution in [0.3, 0.4) is 0 Å². The van der Waals surface area contributed by atoms with E-state index >= 15 is 0 Å². The Morgan fingerprint density at radius 3 is 1.43 bits per heavy atom. The summed E-state index contributed by atoms with van der Waals surface area (Å²) < 4.78 is 18.8. The molecule has 0 aromatic rings. The Hall–Kier alpha value is 0.200. The first-order chi connectivity index (χ1) is 3.00. The molecule has 0 aliphatic heterocycles. The van der Waals surface area contributed by atoms with Crippen LogP contribution in [0.25, 0.3) is 0 Å². The Labute approximate surface area is 47.3 Å². The summed E-state index contributed by atoms with van der Waals surface area (Å²) in [6.45, 7) is 0. The molecule has 0 amide bonds. The zero-order valence-corrected chi connectivity index (χ0v) is 5.62. The van der Waals surface area contributed by atoms with Crippen molar-refractivity contribution < 1.29 is 13.5 Å². The first-order valence-electron chi connectivity index (χ1n) is 1.34. The van der Waals surface area contributed by atoms with Crippen molar-refractivity contribution in [1.29, 1.82) is 0 Å². The Bertz CT molecular complexity index is 96.1. The van der Waals surface area contributed by atoms with Crippen LogP contribution < -0.4 is 0 Å². The van der Waals surface area contributed by atoms with E-state index in [0.29, 0.717) is 0 Å². The Kier molecular flexibility index (Phi) is 6.38. The molecule has 7 heavy (non-hydrogen) atoms. The van der Waals surface area contributed by atoms with Gasteiger partial charge in [-0.15, -0.1) is 0 Å². The van der Waals surface area contributed by atoms with E-state index in [1.807, 2.05) is 0 Å². The van der Waals surface area contributed by atoms with E-state index < -0.39 is 9.05 Å². The van der Waals surface area contributed by atoms with Gasteiger partial charge in [0.25, 0.3) is 0 Å². The van der Waals surface area contributed by atoms with Gasteiger partial charge in [-0.05, 0) is 0 Å². The lowest BCUT2D eigenvalue weighted by Crippen LogP contribution is -1.76. The highest BCUT2D eigenvalue weighted by molar-refractivity contribution is 8.13. The summed E-state index contributed by atoms with van der Waals surface area (Å²) in [5.74, 6) is 0. The molecule has 0 heterocycles. The SMILES string of the molecule is CO.CS(=O)(=O)Cl. The van der Waals surface area contributed by atoms with Gasteiger partial charge in [0.1, 0.15) is 0 Å². The summed E-state index contributed by atoms with van der Waals surface area (Å²) in [6.07, 6.45) is 0.925. The Morgan fingerprint density at radius 2 is 1.43 bits per heavy atom. The van der Waals surface area contributed by atoms with E-state index in [4.69, 9.17) is 5.11 Å². The second-order valence-electron chi connectivity index (χ2n) is 0.682. The van der Waals surface area contributed by atoms with Gasteiger partial charge >= 0.3 is 0 Å². The quantitative estimate of drug-likeness (QED) is 0.482. The standard InChI is InChI=1S/CH3ClO2S.CH4O/c1-5(2,3)4;1-2/h1H3;2H,1H3. The predicted octanol–water partition coefficient (Wildman–Crippen LogP) is -0.207. The number of hydrogen-bond acceptors (Lipinski definition) is 3. The van der Waals surface area contributed by atoms with Crippen LogP contribution in [-0.4, -0.2) is 26.9 Å². The van der Waals surface area contributed by atoms with Crippen LogP contribution >= 0.6 is 10.7 Å². The summed E-state index contributed by atoms with van der Waals surface area (Å²) in [7, 11) is 2.31. The average Bonchev–Trinajstić information content (AvgIpc) is 1.36. The van der Waals surface area contributed by atoms with Crippen molar-refractivity contribution in [2.45, 2.75) is 0 Å². The smallest absolute Gasteiger partial charge is 0.229 e. The molecule has 3 nitrogen and oxygen atoms in total. The van der Waals surface area contributed by atoms with Crippen LogP contribution in [0.2, 0.25) is 0 Å². The molecular formula is C2H7ClO3S. The summed E-state index contributed by atoms with van der Waals surface area (Å²) in [5.41, 5.74) is 0. The molecule has 0 unspecified atom stereocenters. The minimum atomic E-state index is -3.19. The number of hydrogen-bond donors (Lipinski definition) is 1. The summed E-state index contributed by atoms with van der Waals surface area (Å²) in [5, 5.41) is 7.00. The molecule has 1 N–H and O–H groups in total. The van der Waals surface area contributed by atoms with Gasteiger partial charge in [0.2, 0.25) is 9.05 Å². The van der Waals surface area contributed by atoms with Gasteiger partial charge in [-0.25, -0.2) is 8.42 Å². The molecule has 46 valence electrons. The molecule has 0 saturated heterocycles. The van der Waals surface area contributed by atoms with Crippen molar-refractivity contribution >= 4 is 19.7 Å². The number of halogens is 1. The zero-order chi connectivity index (χ0) is 6.50. The first-order valence-corrected chi connectivity index (χ1v) is 4.06. The molecule has 0 aliphatic carbocycles. The lowest BCUT2D eigenvalue weighted by atomic mass is 11.8. The van der Waals surface area contributed by atoms with Gasteiger partial charge < -0.3 is 5.11 Å². The van der Waals surface area contributed by atoms with Crippen molar-refractivity contribution in [3.05, 3.63) is 0 Å². The maximum absolute atomic E-state index is 9.40. The largest absolute Gasteiger partial charge is 0.400 e. The highest BCUT2D eigenvalue weighted by atomic mass is 35.7. The van der Waals surface area contributed by atoms with Gasteiger partial charge in [0.15, 0.2) is 0 Å². The molecule has 0 rings (SSSR count). The average molecular weight is 147 g/mol. The molecule has 0 atom stereocenters. The van der Waals surface area contributed by atoms with Crippen LogP contribution in [0.15, 0.2) is 0 Å². The van der Waals surface area contributed by atoms with Crippen LogP contribution in [0, 0.1) is 0 Å². The molecule has 0 fully saturated rings. The van der Waals surface area contributed by atoms with Gasteiger partial charge in [-0.3, -0.25) is 0 Å². The lowest BCUT2D eigenvalue weighted by molar-refractivity contribution is 0.399. The van der Waals surface area contributed by atoms with Gasteiger partial charge in [-0.1, -0.05) is 0 Å². The van der Waals surface area contributed by atoms with Crippen LogP contribution in [0.5, 0.6) is 0 Å². The maximum atomic E-state index is 9.40. The van der Waals surface area contributed by atoms with E-state index in [1.54, 1.807) is 0 Å². The van der Waals surface area contributed by atoms with Gasteiger partial charge in [-0.2, -0.15) is 0 Å². The van der Waals surface area contributed by atoms with Crippen molar-refractivity contribution in [1.82, 2.24) is 0 Å². The van der Waals surface area contributed by atoms with Crippen LogP contribution in [0.4, 0.5) is 0 Å². The molecule has 0 bridgehead atoms.